The Hall–Kier alpha value is -5.47. The summed E-state index contributed by atoms with van der Waals surface area (Å²) >= 11 is 6.61. The molecule has 0 spiro atoms. The summed E-state index contributed by atoms with van der Waals surface area (Å²) in [5, 5.41) is 11.2. The summed E-state index contributed by atoms with van der Waals surface area (Å²) in [5.74, 6) is -8.48. The van der Waals surface area contributed by atoms with Gasteiger partial charge in [-0.25, -0.2) is 35.9 Å². The number of anilines is 1. The fraction of sp³-hybridized carbons (Fsp3) is 0.306. The Bertz CT molecular complexity index is 2750. The fourth-order valence-electron chi connectivity index (χ4n) is 7.65. The molecule has 2 aliphatic rings. The molecule has 6 aromatic rings. The number of H-pyrrole nitrogens is 1. The van der Waals surface area contributed by atoms with E-state index in [1.54, 1.807) is 12.1 Å². The maximum absolute atomic E-state index is 15.6. The Labute approximate surface area is 324 Å². The molecule has 8 rings (SSSR count). The van der Waals surface area contributed by atoms with E-state index < -0.39 is 75.7 Å². The molecule has 13 nitrogen and oxygen atoms in total. The number of aromatic amines is 1. The maximum Gasteiger partial charge on any atom is 0.296 e. The maximum atomic E-state index is 15.6. The third-order valence-electron chi connectivity index (χ3n) is 9.87. The number of imidazole rings is 1. The number of ether oxygens (including phenoxy) is 1. The van der Waals surface area contributed by atoms with E-state index in [2.05, 4.69) is 30.2 Å². The topological polar surface area (TPSA) is 162 Å². The second-order valence-electron chi connectivity index (χ2n) is 13.8. The molecule has 0 radical (unpaired) electrons. The standard InChI is InChI=1S/C36H30ClF6N9O4S/c1-51-31-18(5-7-22(37)28(31)35(49-51)50-57(3,54)55)20-12-24-34(46-25(44-24)14-56-2)47-29(20)23(10-15-8-16(38)11-17(39)9-15)45-26(53)13-52-32-27(30(48-52)33(40)41)19-4-6-21(19)36(32,42)43/h4-9,11-12,19,21,23,33H,10,13-14H2,1-3H3,(H,45,53)(H,49,50)(H,44,46,47)/t19-,21+,23-/m0/s1. The number of fused-ring (bicyclic) bond motifs is 5. The van der Waals surface area contributed by atoms with Crippen molar-refractivity contribution >= 4 is 55.4 Å². The second-order valence-corrected chi connectivity index (χ2v) is 16.0. The van der Waals surface area contributed by atoms with Gasteiger partial charge >= 0.3 is 0 Å². The van der Waals surface area contributed by atoms with Crippen LogP contribution in [0, 0.1) is 17.6 Å². The molecule has 0 saturated heterocycles. The highest BCUT2D eigenvalue weighted by molar-refractivity contribution is 7.92. The number of rotatable bonds is 12. The summed E-state index contributed by atoms with van der Waals surface area (Å²) in [5.41, 5.74) is -0.381. The number of carbonyl (C=O) groups is 1. The zero-order valence-corrected chi connectivity index (χ0v) is 31.5. The number of hydrogen-bond donors (Lipinski definition) is 3. The number of nitrogens with one attached hydrogen (secondary N) is 3. The Morgan fingerprint density at radius 1 is 1.05 bits per heavy atom. The van der Waals surface area contributed by atoms with Gasteiger partial charge in [-0.2, -0.15) is 19.0 Å². The minimum atomic E-state index is -3.83. The van der Waals surface area contributed by atoms with Crippen LogP contribution in [0.4, 0.5) is 32.2 Å². The van der Waals surface area contributed by atoms with E-state index in [-0.39, 0.29) is 57.3 Å². The van der Waals surface area contributed by atoms with E-state index in [4.69, 9.17) is 21.3 Å². The molecule has 0 aliphatic heterocycles. The highest BCUT2D eigenvalue weighted by atomic mass is 35.5. The van der Waals surface area contributed by atoms with Gasteiger partial charge in [0, 0.05) is 42.8 Å². The number of halogens is 7. The number of sulfonamides is 1. The number of hydrogen-bond acceptors (Lipinski definition) is 8. The molecule has 0 fully saturated rings. The largest absolute Gasteiger partial charge is 0.377 e. The molecule has 3 atom stereocenters. The minimum Gasteiger partial charge on any atom is -0.377 e. The van der Waals surface area contributed by atoms with Gasteiger partial charge in [-0.05, 0) is 36.2 Å². The van der Waals surface area contributed by atoms with Crippen molar-refractivity contribution in [3.05, 3.63) is 99.2 Å². The molecule has 2 aromatic carbocycles. The van der Waals surface area contributed by atoms with Crippen molar-refractivity contribution in [3.8, 4) is 11.1 Å². The fourth-order valence-corrected chi connectivity index (χ4v) is 8.39. The van der Waals surface area contributed by atoms with Gasteiger partial charge in [0.1, 0.15) is 42.0 Å². The third-order valence-corrected chi connectivity index (χ3v) is 10.7. The van der Waals surface area contributed by atoms with E-state index in [9.17, 15) is 30.8 Å². The van der Waals surface area contributed by atoms with Gasteiger partial charge in [-0.15, -0.1) is 0 Å². The predicted octanol–water partition coefficient (Wildman–Crippen LogP) is 6.57. The van der Waals surface area contributed by atoms with Gasteiger partial charge in [0.05, 0.1) is 45.4 Å². The van der Waals surface area contributed by atoms with Crippen LogP contribution in [0.3, 0.4) is 0 Å². The first-order valence-corrected chi connectivity index (χ1v) is 19.4. The Kier molecular flexibility index (Phi) is 9.35. The van der Waals surface area contributed by atoms with Crippen molar-refractivity contribution in [3.63, 3.8) is 0 Å². The van der Waals surface area contributed by atoms with Crippen LogP contribution in [-0.2, 0) is 52.1 Å². The SMILES string of the molecule is COCc1nc2nc([C@H](Cc3cc(F)cc(F)c3)NC(=O)Cn3nc(C(F)F)c4c3C(F)(F)[C@@H]3C=C[C@H]43)c(-c3ccc(Cl)c4c(NS(C)(=O)=O)nn(C)c34)cc2[nH]1. The molecule has 21 heteroatoms. The summed E-state index contributed by atoms with van der Waals surface area (Å²) in [4.78, 5) is 26.4. The molecule has 2 aliphatic carbocycles. The third kappa shape index (κ3) is 6.78. The number of benzene rings is 2. The van der Waals surface area contributed by atoms with Crippen LogP contribution in [0.25, 0.3) is 33.2 Å². The van der Waals surface area contributed by atoms with Gasteiger partial charge < -0.3 is 15.0 Å². The molecule has 4 aromatic heterocycles. The number of carbonyl (C=O) groups excluding carboxylic acids is 1. The lowest BCUT2D eigenvalue weighted by Crippen LogP contribution is -2.35. The van der Waals surface area contributed by atoms with Crippen LogP contribution in [0.2, 0.25) is 5.02 Å². The van der Waals surface area contributed by atoms with Crippen LogP contribution in [0.15, 0.2) is 48.6 Å². The molecule has 1 amide bonds. The van der Waals surface area contributed by atoms with Crippen molar-refractivity contribution in [1.29, 1.82) is 0 Å². The van der Waals surface area contributed by atoms with Crippen LogP contribution >= 0.6 is 11.6 Å². The highest BCUT2D eigenvalue weighted by Crippen LogP contribution is 2.60. The number of aryl methyl sites for hydroxylation is 1. The van der Waals surface area contributed by atoms with Crippen LogP contribution in [-0.4, -0.2) is 62.2 Å². The number of allylic oxidation sites excluding steroid dienone is 2. The lowest BCUT2D eigenvalue weighted by molar-refractivity contribution is -0.123. The van der Waals surface area contributed by atoms with E-state index in [1.807, 2.05) is 0 Å². The Morgan fingerprint density at radius 2 is 1.79 bits per heavy atom. The van der Waals surface area contributed by atoms with E-state index in [1.165, 1.54) is 37.1 Å². The molecule has 0 unspecified atom stereocenters. The normalized spacial score (nSPS) is 17.6. The van der Waals surface area contributed by atoms with Crippen LogP contribution < -0.4 is 10.0 Å². The number of alkyl halides is 4. The first-order valence-electron chi connectivity index (χ1n) is 17.1. The molecular weight excluding hydrogens is 804 g/mol. The number of aromatic nitrogens is 7. The Morgan fingerprint density at radius 3 is 2.44 bits per heavy atom. The van der Waals surface area contributed by atoms with E-state index in [0.717, 1.165) is 18.4 Å². The lowest BCUT2D eigenvalue weighted by Gasteiger charge is -2.27. The number of pyridine rings is 1. The number of methoxy groups -OCH3 is 1. The van der Waals surface area contributed by atoms with Gasteiger partial charge in [-0.1, -0.05) is 29.8 Å². The summed E-state index contributed by atoms with van der Waals surface area (Å²) < 4.78 is 123. The summed E-state index contributed by atoms with van der Waals surface area (Å²) in [6.07, 6.45) is 0.0320. The zero-order valence-electron chi connectivity index (χ0n) is 29.9. The van der Waals surface area contributed by atoms with E-state index in [0.29, 0.717) is 33.2 Å². The van der Waals surface area contributed by atoms with E-state index >= 15 is 8.78 Å². The second kappa shape index (κ2) is 13.9. The molecule has 4 heterocycles. The van der Waals surface area contributed by atoms with Crippen molar-refractivity contribution in [2.45, 2.75) is 43.9 Å². The van der Waals surface area contributed by atoms with Crippen LogP contribution in [0.5, 0.6) is 0 Å². The summed E-state index contributed by atoms with van der Waals surface area (Å²) in [7, 11) is -0.842. The minimum absolute atomic E-state index is 0.0495. The average Bonchev–Trinajstić information content (AvgIpc) is 3.78. The van der Waals surface area contributed by atoms with Gasteiger partial charge in [0.2, 0.25) is 15.9 Å². The molecule has 0 saturated carbocycles. The van der Waals surface area contributed by atoms with Gasteiger partial charge in [-0.3, -0.25) is 18.9 Å². The van der Waals surface area contributed by atoms with Gasteiger partial charge in [0.15, 0.2) is 11.5 Å². The quantitative estimate of drug-likeness (QED) is 0.0922. The monoisotopic (exact) mass is 833 g/mol. The molecular formula is C36H30ClF6N9O4S. The first kappa shape index (κ1) is 38.4. The highest BCUT2D eigenvalue weighted by Gasteiger charge is 2.60. The van der Waals surface area contributed by atoms with Crippen LogP contribution in [0.1, 0.15) is 52.4 Å². The number of nitrogens with zero attached hydrogens (tertiary/aromatic N) is 6. The Balaban J connectivity index is 1.29. The lowest BCUT2D eigenvalue weighted by atomic mass is 9.81. The first-order chi connectivity index (χ1) is 26.9. The smallest absolute Gasteiger partial charge is 0.296 e. The van der Waals surface area contributed by atoms with Crippen molar-refractivity contribution in [2.75, 3.05) is 18.1 Å². The summed E-state index contributed by atoms with van der Waals surface area (Å²) in [6, 6.07) is 6.15. The molecule has 0 bridgehead atoms. The van der Waals surface area contributed by atoms with Crippen molar-refractivity contribution < 1.29 is 44.3 Å². The van der Waals surface area contributed by atoms with Gasteiger partial charge in [0.25, 0.3) is 12.3 Å². The number of amides is 1. The average molecular weight is 834 g/mol. The summed E-state index contributed by atoms with van der Waals surface area (Å²) in [6.45, 7) is -0.878. The van der Waals surface area contributed by atoms with Crippen molar-refractivity contribution in [1.82, 2.24) is 39.8 Å². The predicted molar refractivity (Wildman–Crippen MR) is 195 cm³/mol. The molecule has 298 valence electrons. The zero-order chi connectivity index (χ0) is 40.7. The van der Waals surface area contributed by atoms with Crippen molar-refractivity contribution in [2.24, 2.45) is 13.0 Å². The molecule has 3 N–H and O–H groups in total. The molecule has 57 heavy (non-hydrogen) atoms.